The van der Waals surface area contributed by atoms with Crippen molar-refractivity contribution in [2.45, 2.75) is 0 Å². The average Bonchev–Trinajstić information content (AvgIpc) is 3.22. The van der Waals surface area contributed by atoms with Crippen LogP contribution in [0.4, 0.5) is 0 Å². The zero-order chi connectivity index (χ0) is 34.2. The molecule has 0 radical (unpaired) electrons. The van der Waals surface area contributed by atoms with E-state index in [1.807, 2.05) is 0 Å². The lowest BCUT2D eigenvalue weighted by atomic mass is 9.87. The number of hydrogen-bond donors (Lipinski definition) is 0. The zero-order valence-corrected chi connectivity index (χ0v) is 28.5. The topological polar surface area (TPSA) is 0 Å². The highest BCUT2D eigenvalue weighted by Crippen LogP contribution is 2.42. The van der Waals surface area contributed by atoms with E-state index in [1.165, 1.54) is 109 Å². The van der Waals surface area contributed by atoms with Crippen molar-refractivity contribution < 1.29 is 0 Å². The molecule has 0 saturated heterocycles. The number of hydrogen-bond acceptors (Lipinski definition) is 0. The third kappa shape index (κ3) is 4.48. The molecule has 0 heteroatoms. The predicted octanol–water partition coefficient (Wildman–Crippen LogP) is 14.8. The smallest absolute Gasteiger partial charge is 0.00204 e. The molecule has 0 nitrogen and oxygen atoms in total. The van der Waals surface area contributed by atoms with E-state index in [4.69, 9.17) is 0 Å². The fourth-order valence-electron chi connectivity index (χ4n) is 8.65. The van der Waals surface area contributed by atoms with Crippen molar-refractivity contribution in [1.29, 1.82) is 0 Å². The van der Waals surface area contributed by atoms with Crippen LogP contribution in [0.1, 0.15) is 0 Å². The van der Waals surface area contributed by atoms with Gasteiger partial charge in [0.05, 0.1) is 0 Å². The minimum atomic E-state index is 1.23. The van der Waals surface area contributed by atoms with Crippen molar-refractivity contribution in [3.05, 3.63) is 194 Å². The maximum absolute atomic E-state index is 2.44. The van der Waals surface area contributed by atoms with Gasteiger partial charge in [-0.2, -0.15) is 0 Å². The molecule has 0 aliphatic carbocycles. The molecule has 0 aliphatic rings. The summed E-state index contributed by atoms with van der Waals surface area (Å²) in [5, 5.41) is 18.0. The fourth-order valence-corrected chi connectivity index (χ4v) is 8.65. The molecule has 0 bridgehead atoms. The molecule has 240 valence electrons. The Morgan fingerprint density at radius 1 is 0.192 bits per heavy atom. The third-order valence-corrected chi connectivity index (χ3v) is 11.2. The molecular formula is C52H32. The van der Waals surface area contributed by atoms with Crippen molar-refractivity contribution in [3.63, 3.8) is 0 Å². The molecule has 11 rings (SSSR count). The maximum Gasteiger partial charge on any atom is -0.00204 e. The second-order valence-electron chi connectivity index (χ2n) is 14.1. The Bertz CT molecular complexity index is 3210. The van der Waals surface area contributed by atoms with Gasteiger partial charge in [0.25, 0.3) is 0 Å². The van der Waals surface area contributed by atoms with Crippen molar-refractivity contribution >= 4 is 75.4 Å². The van der Waals surface area contributed by atoms with E-state index >= 15 is 0 Å². The Morgan fingerprint density at radius 3 is 1.42 bits per heavy atom. The van der Waals surface area contributed by atoms with Gasteiger partial charge in [-0.25, -0.2) is 0 Å². The number of rotatable bonds is 3. The molecule has 52 heavy (non-hydrogen) atoms. The highest BCUT2D eigenvalue weighted by molar-refractivity contribution is 6.27. The summed E-state index contributed by atoms with van der Waals surface area (Å²) >= 11 is 0. The minimum absolute atomic E-state index is 1.23. The van der Waals surface area contributed by atoms with Crippen LogP contribution in [0.2, 0.25) is 0 Å². The van der Waals surface area contributed by atoms with E-state index < -0.39 is 0 Å². The summed E-state index contributed by atoms with van der Waals surface area (Å²) in [6.07, 6.45) is 0. The molecular weight excluding hydrogens is 625 g/mol. The molecule has 11 aromatic carbocycles. The van der Waals surface area contributed by atoms with Crippen LogP contribution in [0.15, 0.2) is 194 Å². The van der Waals surface area contributed by atoms with Crippen molar-refractivity contribution in [3.8, 4) is 33.4 Å². The first kappa shape index (κ1) is 29.0. The standard InChI is InChI=1S/C52H32/c1-4-12-42-34(8-1)11-7-15-43(42)37-18-16-33(17-19-37)38-24-26-45-39(30-38)20-21-40-31-41(25-27-46(40)45)50-32-51-44-13-5-2-9-35(44)22-28-48(51)49-29-23-36-10-3-6-14-47(36)52(49)50/h1-32H. The summed E-state index contributed by atoms with van der Waals surface area (Å²) in [5.41, 5.74) is 7.49. The van der Waals surface area contributed by atoms with Gasteiger partial charge in [0.15, 0.2) is 0 Å². The van der Waals surface area contributed by atoms with Crippen molar-refractivity contribution in [2.24, 2.45) is 0 Å². The first-order valence-electron chi connectivity index (χ1n) is 18.1. The van der Waals surface area contributed by atoms with Gasteiger partial charge in [0, 0.05) is 0 Å². The summed E-state index contributed by atoms with van der Waals surface area (Å²) in [7, 11) is 0. The lowest BCUT2D eigenvalue weighted by Crippen LogP contribution is -1.89. The third-order valence-electron chi connectivity index (χ3n) is 11.2. The molecule has 11 aromatic rings. The quantitative estimate of drug-likeness (QED) is 0.166. The molecule has 0 atom stereocenters. The van der Waals surface area contributed by atoms with Gasteiger partial charge in [0.1, 0.15) is 0 Å². The second kappa shape index (κ2) is 11.4. The van der Waals surface area contributed by atoms with Gasteiger partial charge in [0.2, 0.25) is 0 Å². The molecule has 0 saturated carbocycles. The Balaban J connectivity index is 1.03. The maximum atomic E-state index is 2.44. The van der Waals surface area contributed by atoms with Gasteiger partial charge in [-0.15, -0.1) is 0 Å². The summed E-state index contributed by atoms with van der Waals surface area (Å²) < 4.78 is 0. The van der Waals surface area contributed by atoms with E-state index in [0.29, 0.717) is 0 Å². The van der Waals surface area contributed by atoms with Crippen LogP contribution in [0, 0.1) is 0 Å². The molecule has 0 heterocycles. The highest BCUT2D eigenvalue weighted by Gasteiger charge is 2.15. The summed E-state index contributed by atoms with van der Waals surface area (Å²) in [6.45, 7) is 0. The molecule has 0 unspecified atom stereocenters. The molecule has 0 aliphatic heterocycles. The average molecular weight is 657 g/mol. The Kier molecular flexibility index (Phi) is 6.35. The van der Waals surface area contributed by atoms with Gasteiger partial charge in [-0.1, -0.05) is 176 Å². The lowest BCUT2D eigenvalue weighted by molar-refractivity contribution is 1.62. The molecule has 0 spiro atoms. The van der Waals surface area contributed by atoms with E-state index in [0.717, 1.165) is 0 Å². The van der Waals surface area contributed by atoms with E-state index in [1.54, 1.807) is 0 Å². The monoisotopic (exact) mass is 656 g/mol. The van der Waals surface area contributed by atoms with Crippen LogP contribution < -0.4 is 0 Å². The van der Waals surface area contributed by atoms with Gasteiger partial charge >= 0.3 is 0 Å². The van der Waals surface area contributed by atoms with Crippen molar-refractivity contribution in [1.82, 2.24) is 0 Å². The fraction of sp³-hybridized carbons (Fsp3) is 0. The SMILES string of the molecule is c1ccc2c(-c3ccc(-c4ccc5c(ccc6cc(-c7cc8c9ccccc9ccc8c8ccc9ccccc9c78)ccc65)c4)cc3)cccc2c1. The van der Waals surface area contributed by atoms with Gasteiger partial charge in [-0.3, -0.25) is 0 Å². The Morgan fingerprint density at radius 2 is 0.673 bits per heavy atom. The minimum Gasteiger partial charge on any atom is -0.0616 e. The van der Waals surface area contributed by atoms with Gasteiger partial charge < -0.3 is 0 Å². The highest BCUT2D eigenvalue weighted by atomic mass is 14.2. The number of benzene rings is 11. The van der Waals surface area contributed by atoms with Crippen LogP contribution in [-0.2, 0) is 0 Å². The molecule has 0 aromatic heterocycles. The second-order valence-corrected chi connectivity index (χ2v) is 14.1. The molecule has 0 amide bonds. The molecule has 0 fully saturated rings. The van der Waals surface area contributed by atoms with E-state index in [2.05, 4.69) is 194 Å². The number of fused-ring (bicyclic) bond motifs is 11. The summed E-state index contributed by atoms with van der Waals surface area (Å²) in [6, 6.07) is 71.9. The predicted molar refractivity (Wildman–Crippen MR) is 225 cm³/mol. The largest absolute Gasteiger partial charge is 0.0616 e. The zero-order valence-electron chi connectivity index (χ0n) is 28.5. The van der Waals surface area contributed by atoms with Gasteiger partial charge in [-0.05, 0) is 127 Å². The normalized spacial score (nSPS) is 11.8. The van der Waals surface area contributed by atoms with Crippen LogP contribution in [0.3, 0.4) is 0 Å². The first-order chi connectivity index (χ1) is 25.8. The van der Waals surface area contributed by atoms with E-state index in [-0.39, 0.29) is 0 Å². The Hall–Kier alpha value is -6.76. The summed E-state index contributed by atoms with van der Waals surface area (Å²) in [5.74, 6) is 0. The lowest BCUT2D eigenvalue weighted by Gasteiger charge is -2.16. The van der Waals surface area contributed by atoms with Crippen LogP contribution in [-0.4, -0.2) is 0 Å². The molecule has 0 N–H and O–H groups in total. The van der Waals surface area contributed by atoms with Crippen LogP contribution in [0.25, 0.3) is 109 Å². The summed E-state index contributed by atoms with van der Waals surface area (Å²) in [4.78, 5) is 0. The van der Waals surface area contributed by atoms with E-state index in [9.17, 15) is 0 Å². The van der Waals surface area contributed by atoms with Crippen LogP contribution in [0.5, 0.6) is 0 Å². The van der Waals surface area contributed by atoms with Crippen molar-refractivity contribution in [2.75, 3.05) is 0 Å². The van der Waals surface area contributed by atoms with Crippen LogP contribution >= 0.6 is 0 Å². The first-order valence-corrected chi connectivity index (χ1v) is 18.1. The Labute approximate surface area is 301 Å².